The molecule has 0 aliphatic carbocycles. The number of guanidine groups is 1. The molecule has 0 fully saturated rings. The summed E-state index contributed by atoms with van der Waals surface area (Å²) in [4.78, 5) is 4.24. The third-order valence-corrected chi connectivity index (χ3v) is 1.96. The molecule has 0 bridgehead atoms. The van der Waals surface area contributed by atoms with E-state index in [1.165, 1.54) is 0 Å². The Labute approximate surface area is 73.1 Å². The van der Waals surface area contributed by atoms with Gasteiger partial charge >= 0.3 is 0 Å². The monoisotopic (exact) mass is 171 g/mol. The van der Waals surface area contributed by atoms with Gasteiger partial charge in [0.15, 0.2) is 5.96 Å². The summed E-state index contributed by atoms with van der Waals surface area (Å²) in [6.07, 6.45) is 0.908. The van der Waals surface area contributed by atoms with Gasteiger partial charge in [-0.1, -0.05) is 6.92 Å². The molecule has 70 valence electrons. The summed E-state index contributed by atoms with van der Waals surface area (Å²) >= 11 is 0. The minimum atomic E-state index is 0.126. The third kappa shape index (κ3) is 2.37. The molecule has 1 aliphatic heterocycles. The van der Waals surface area contributed by atoms with E-state index in [-0.39, 0.29) is 12.6 Å². The first kappa shape index (κ1) is 9.32. The van der Waals surface area contributed by atoms with Crippen molar-refractivity contribution in [2.75, 3.05) is 13.2 Å². The summed E-state index contributed by atoms with van der Waals surface area (Å²) in [7, 11) is 0. The van der Waals surface area contributed by atoms with Gasteiger partial charge in [0.1, 0.15) is 0 Å². The molecule has 4 nitrogen and oxygen atoms in total. The first-order valence-corrected chi connectivity index (χ1v) is 4.44. The SMILES string of the molecule is CC[C@@H](CO)NC1=NCC(C)N1. The number of nitrogens with zero attached hydrogens (tertiary/aromatic N) is 1. The van der Waals surface area contributed by atoms with Crippen molar-refractivity contribution < 1.29 is 5.11 Å². The Morgan fingerprint density at radius 2 is 2.58 bits per heavy atom. The number of aliphatic imine (C=N–C) groups is 1. The molecule has 0 amide bonds. The van der Waals surface area contributed by atoms with Crippen LogP contribution in [0.1, 0.15) is 20.3 Å². The maximum absolute atomic E-state index is 8.91. The predicted octanol–water partition coefficient (Wildman–Crippen LogP) is -0.305. The fourth-order valence-corrected chi connectivity index (χ4v) is 1.11. The van der Waals surface area contributed by atoms with Crippen LogP contribution >= 0.6 is 0 Å². The van der Waals surface area contributed by atoms with Crippen LogP contribution in [0.2, 0.25) is 0 Å². The van der Waals surface area contributed by atoms with Gasteiger partial charge in [-0.15, -0.1) is 0 Å². The lowest BCUT2D eigenvalue weighted by Gasteiger charge is -2.15. The topological polar surface area (TPSA) is 56.6 Å². The smallest absolute Gasteiger partial charge is 0.191 e. The predicted molar refractivity (Wildman–Crippen MR) is 49.2 cm³/mol. The number of aliphatic hydroxyl groups is 1. The summed E-state index contributed by atoms with van der Waals surface area (Å²) in [5.74, 6) is 0.823. The average Bonchev–Trinajstić information content (AvgIpc) is 2.47. The summed E-state index contributed by atoms with van der Waals surface area (Å²) in [5, 5.41) is 15.2. The van der Waals surface area contributed by atoms with Gasteiger partial charge in [0.25, 0.3) is 0 Å². The van der Waals surface area contributed by atoms with Gasteiger partial charge < -0.3 is 15.7 Å². The van der Waals surface area contributed by atoms with Crippen LogP contribution in [0.5, 0.6) is 0 Å². The summed E-state index contributed by atoms with van der Waals surface area (Å²) in [6, 6.07) is 0.547. The minimum absolute atomic E-state index is 0.126. The van der Waals surface area contributed by atoms with Crippen molar-refractivity contribution in [1.29, 1.82) is 0 Å². The Morgan fingerprint density at radius 1 is 1.83 bits per heavy atom. The quantitative estimate of drug-likeness (QED) is 0.546. The normalized spacial score (nSPS) is 24.6. The van der Waals surface area contributed by atoms with Gasteiger partial charge in [-0.3, -0.25) is 4.99 Å². The standard InChI is InChI=1S/C8H17N3O/c1-3-7(5-12)11-8-9-4-6(2)10-8/h6-7,12H,3-5H2,1-2H3,(H2,9,10,11)/t6?,7-/m0/s1. The zero-order chi connectivity index (χ0) is 8.97. The van der Waals surface area contributed by atoms with Crippen molar-refractivity contribution >= 4 is 5.96 Å². The highest BCUT2D eigenvalue weighted by Crippen LogP contribution is 1.95. The Kier molecular flexibility index (Phi) is 3.34. The van der Waals surface area contributed by atoms with Crippen LogP contribution in [0.4, 0.5) is 0 Å². The molecule has 12 heavy (non-hydrogen) atoms. The average molecular weight is 171 g/mol. The highest BCUT2D eigenvalue weighted by Gasteiger charge is 2.14. The van der Waals surface area contributed by atoms with Crippen molar-refractivity contribution in [1.82, 2.24) is 10.6 Å². The minimum Gasteiger partial charge on any atom is -0.394 e. The first-order chi connectivity index (χ1) is 5.76. The second-order valence-corrected chi connectivity index (χ2v) is 3.17. The van der Waals surface area contributed by atoms with Crippen molar-refractivity contribution in [3.8, 4) is 0 Å². The molecule has 0 radical (unpaired) electrons. The zero-order valence-corrected chi connectivity index (χ0v) is 7.67. The van der Waals surface area contributed by atoms with Gasteiger partial charge in [-0.25, -0.2) is 0 Å². The molecular weight excluding hydrogens is 154 g/mol. The molecule has 1 rings (SSSR count). The first-order valence-electron chi connectivity index (χ1n) is 4.44. The van der Waals surface area contributed by atoms with Crippen LogP contribution in [-0.4, -0.2) is 36.3 Å². The summed E-state index contributed by atoms with van der Waals surface area (Å²) in [5.41, 5.74) is 0. The second kappa shape index (κ2) is 4.30. The van der Waals surface area contributed by atoms with Crippen molar-refractivity contribution in [3.63, 3.8) is 0 Å². The molecule has 0 aromatic carbocycles. The van der Waals surface area contributed by atoms with E-state index >= 15 is 0 Å². The van der Waals surface area contributed by atoms with E-state index in [2.05, 4.69) is 22.5 Å². The fourth-order valence-electron chi connectivity index (χ4n) is 1.11. The number of rotatable bonds is 3. The van der Waals surface area contributed by atoms with Crippen LogP contribution in [0.25, 0.3) is 0 Å². The maximum atomic E-state index is 8.91. The molecule has 0 aromatic heterocycles. The van der Waals surface area contributed by atoms with Gasteiger partial charge in [-0.05, 0) is 13.3 Å². The lowest BCUT2D eigenvalue weighted by atomic mass is 10.2. The van der Waals surface area contributed by atoms with E-state index in [0.29, 0.717) is 6.04 Å². The molecule has 1 unspecified atom stereocenters. The van der Waals surface area contributed by atoms with E-state index in [1.807, 2.05) is 6.92 Å². The van der Waals surface area contributed by atoms with Gasteiger partial charge in [0.2, 0.25) is 0 Å². The highest BCUT2D eigenvalue weighted by molar-refractivity contribution is 5.81. The Hall–Kier alpha value is -0.770. The molecule has 2 atom stereocenters. The molecule has 3 N–H and O–H groups in total. The number of hydrogen-bond donors (Lipinski definition) is 3. The van der Waals surface area contributed by atoms with Crippen LogP contribution in [0.15, 0.2) is 4.99 Å². The molecular formula is C8H17N3O. The summed E-state index contributed by atoms with van der Waals surface area (Å²) < 4.78 is 0. The molecule has 0 saturated heterocycles. The molecule has 0 spiro atoms. The van der Waals surface area contributed by atoms with E-state index in [0.717, 1.165) is 18.9 Å². The largest absolute Gasteiger partial charge is 0.394 e. The van der Waals surface area contributed by atoms with Gasteiger partial charge in [-0.2, -0.15) is 0 Å². The fraction of sp³-hybridized carbons (Fsp3) is 0.875. The molecule has 0 aromatic rings. The lowest BCUT2D eigenvalue weighted by Crippen LogP contribution is -2.44. The highest BCUT2D eigenvalue weighted by atomic mass is 16.3. The van der Waals surface area contributed by atoms with E-state index in [4.69, 9.17) is 5.11 Å². The molecule has 1 heterocycles. The van der Waals surface area contributed by atoms with Crippen LogP contribution in [0.3, 0.4) is 0 Å². The number of hydrogen-bond acceptors (Lipinski definition) is 4. The van der Waals surface area contributed by atoms with Gasteiger partial charge in [0.05, 0.1) is 19.2 Å². The third-order valence-electron chi connectivity index (χ3n) is 1.96. The number of nitrogens with one attached hydrogen (secondary N) is 2. The lowest BCUT2D eigenvalue weighted by molar-refractivity contribution is 0.252. The van der Waals surface area contributed by atoms with Crippen LogP contribution < -0.4 is 10.6 Å². The van der Waals surface area contributed by atoms with E-state index in [1.54, 1.807) is 0 Å². The second-order valence-electron chi connectivity index (χ2n) is 3.17. The van der Waals surface area contributed by atoms with Gasteiger partial charge in [0, 0.05) is 6.04 Å². The maximum Gasteiger partial charge on any atom is 0.191 e. The van der Waals surface area contributed by atoms with Crippen molar-refractivity contribution in [3.05, 3.63) is 0 Å². The Balaban J connectivity index is 2.30. The van der Waals surface area contributed by atoms with Crippen molar-refractivity contribution in [2.24, 2.45) is 4.99 Å². The van der Waals surface area contributed by atoms with Crippen LogP contribution in [0, 0.1) is 0 Å². The van der Waals surface area contributed by atoms with Crippen LogP contribution in [-0.2, 0) is 0 Å². The van der Waals surface area contributed by atoms with E-state index < -0.39 is 0 Å². The molecule has 4 heteroatoms. The molecule has 0 saturated carbocycles. The summed E-state index contributed by atoms with van der Waals surface area (Å²) in [6.45, 7) is 5.10. The Morgan fingerprint density at radius 3 is 3.00 bits per heavy atom. The number of aliphatic hydroxyl groups excluding tert-OH is 1. The van der Waals surface area contributed by atoms with E-state index in [9.17, 15) is 0 Å². The van der Waals surface area contributed by atoms with Crippen molar-refractivity contribution in [2.45, 2.75) is 32.4 Å². The zero-order valence-electron chi connectivity index (χ0n) is 7.67. The molecule has 1 aliphatic rings. The Bertz CT molecular complexity index is 166.